The van der Waals surface area contributed by atoms with Crippen LogP contribution in [0, 0.1) is 0 Å². The van der Waals surface area contributed by atoms with Gasteiger partial charge in [-0.3, -0.25) is 0 Å². The summed E-state index contributed by atoms with van der Waals surface area (Å²) >= 11 is 0. The van der Waals surface area contributed by atoms with Crippen LogP contribution in [0.25, 0.3) is 0 Å². The summed E-state index contributed by atoms with van der Waals surface area (Å²) in [7, 11) is 1.67. The molecule has 1 aliphatic heterocycles. The van der Waals surface area contributed by atoms with E-state index in [2.05, 4.69) is 23.9 Å². The first-order valence-electron chi connectivity index (χ1n) is 6.50. The van der Waals surface area contributed by atoms with Crippen LogP contribution in [-0.4, -0.2) is 13.2 Å². The molecule has 0 saturated carbocycles. The fourth-order valence-electron chi connectivity index (χ4n) is 2.61. The van der Waals surface area contributed by atoms with Gasteiger partial charge in [0, 0.05) is 12.0 Å². The van der Waals surface area contributed by atoms with Gasteiger partial charge in [0.05, 0.1) is 7.11 Å². The SMILES string of the molecule is COc1cccc2c1O[C@@H](c1ccccc1)[C@@H]([NH3+])C2. The largest absolute Gasteiger partial charge is 0.493 e. The Kier molecular flexibility index (Phi) is 3.13. The lowest BCUT2D eigenvalue weighted by Crippen LogP contribution is -2.66. The van der Waals surface area contributed by atoms with Crippen LogP contribution >= 0.6 is 0 Å². The highest BCUT2D eigenvalue weighted by Gasteiger charge is 2.32. The molecule has 2 aromatic carbocycles. The fraction of sp³-hybridized carbons (Fsp3) is 0.250. The highest BCUT2D eigenvalue weighted by molar-refractivity contribution is 5.48. The van der Waals surface area contributed by atoms with Gasteiger partial charge in [0.25, 0.3) is 0 Å². The molecular formula is C16H18NO2+. The number of fused-ring (bicyclic) bond motifs is 1. The number of hydrogen-bond acceptors (Lipinski definition) is 2. The number of para-hydroxylation sites is 1. The third-order valence-electron chi connectivity index (χ3n) is 3.56. The first-order valence-corrected chi connectivity index (χ1v) is 6.50. The van der Waals surface area contributed by atoms with Crippen molar-refractivity contribution in [3.8, 4) is 11.5 Å². The van der Waals surface area contributed by atoms with Gasteiger partial charge in [0.2, 0.25) is 0 Å². The molecule has 3 rings (SSSR count). The molecule has 0 aliphatic carbocycles. The molecule has 0 fully saturated rings. The summed E-state index contributed by atoms with van der Waals surface area (Å²) in [6, 6.07) is 16.5. The number of quaternary nitrogens is 1. The number of rotatable bonds is 2. The normalized spacial score (nSPS) is 21.4. The van der Waals surface area contributed by atoms with E-state index in [1.165, 1.54) is 11.1 Å². The molecule has 3 nitrogen and oxygen atoms in total. The first-order chi connectivity index (χ1) is 9.29. The summed E-state index contributed by atoms with van der Waals surface area (Å²) < 4.78 is 11.6. The van der Waals surface area contributed by atoms with Crippen LogP contribution in [0.5, 0.6) is 11.5 Å². The van der Waals surface area contributed by atoms with Crippen molar-refractivity contribution < 1.29 is 15.2 Å². The second-order valence-electron chi connectivity index (χ2n) is 4.86. The minimum atomic E-state index is -0.00926. The molecule has 2 atom stereocenters. The molecule has 0 amide bonds. The second kappa shape index (κ2) is 4.94. The maximum absolute atomic E-state index is 6.16. The van der Waals surface area contributed by atoms with E-state index in [-0.39, 0.29) is 12.1 Å². The van der Waals surface area contributed by atoms with E-state index in [9.17, 15) is 0 Å². The zero-order valence-electron chi connectivity index (χ0n) is 11.0. The highest BCUT2D eigenvalue weighted by Crippen LogP contribution is 2.39. The van der Waals surface area contributed by atoms with Crippen LogP contribution in [0.4, 0.5) is 0 Å². The van der Waals surface area contributed by atoms with Crippen molar-refractivity contribution in [2.45, 2.75) is 18.6 Å². The van der Waals surface area contributed by atoms with Gasteiger partial charge >= 0.3 is 0 Å². The van der Waals surface area contributed by atoms with Crippen LogP contribution in [0.2, 0.25) is 0 Å². The maximum atomic E-state index is 6.16. The van der Waals surface area contributed by atoms with Crippen molar-refractivity contribution in [2.75, 3.05) is 7.11 Å². The first kappa shape index (κ1) is 12.1. The summed E-state index contributed by atoms with van der Waals surface area (Å²) in [4.78, 5) is 0. The predicted molar refractivity (Wildman–Crippen MR) is 73.2 cm³/mol. The molecule has 0 unspecified atom stereocenters. The van der Waals surface area contributed by atoms with Gasteiger partial charge in [0.15, 0.2) is 17.6 Å². The quantitative estimate of drug-likeness (QED) is 0.893. The summed E-state index contributed by atoms with van der Waals surface area (Å²) in [6.45, 7) is 0. The third-order valence-corrected chi connectivity index (χ3v) is 3.56. The lowest BCUT2D eigenvalue weighted by molar-refractivity contribution is -0.438. The standard InChI is InChI=1S/C16H17NO2/c1-18-14-9-5-8-12-10-13(17)15(19-16(12)14)11-6-3-2-4-7-11/h2-9,13,15H,10,17H2,1H3/p+1/t13-,15-/m0/s1. The summed E-state index contributed by atoms with van der Waals surface area (Å²) in [5.41, 5.74) is 6.58. The van der Waals surface area contributed by atoms with Gasteiger partial charge in [-0.15, -0.1) is 0 Å². The number of methoxy groups -OCH3 is 1. The minimum absolute atomic E-state index is 0.00926. The van der Waals surface area contributed by atoms with E-state index in [0.29, 0.717) is 0 Å². The topological polar surface area (TPSA) is 46.1 Å². The van der Waals surface area contributed by atoms with Crippen LogP contribution in [0.15, 0.2) is 48.5 Å². The molecule has 2 aromatic rings. The third kappa shape index (κ3) is 2.17. The van der Waals surface area contributed by atoms with Crippen molar-refractivity contribution in [2.24, 2.45) is 0 Å². The second-order valence-corrected chi connectivity index (χ2v) is 4.86. The Morgan fingerprint density at radius 1 is 1.11 bits per heavy atom. The number of ether oxygens (including phenoxy) is 2. The zero-order valence-corrected chi connectivity index (χ0v) is 11.0. The summed E-state index contributed by atoms with van der Waals surface area (Å²) in [6.07, 6.45) is 0.900. The zero-order chi connectivity index (χ0) is 13.2. The molecule has 0 bridgehead atoms. The van der Waals surface area contributed by atoms with Crippen LogP contribution in [-0.2, 0) is 6.42 Å². The van der Waals surface area contributed by atoms with Crippen LogP contribution in [0.1, 0.15) is 17.2 Å². The Morgan fingerprint density at radius 3 is 2.63 bits per heavy atom. The highest BCUT2D eigenvalue weighted by atomic mass is 16.5. The van der Waals surface area contributed by atoms with E-state index in [1.54, 1.807) is 7.11 Å². The van der Waals surface area contributed by atoms with Crippen molar-refractivity contribution in [1.82, 2.24) is 0 Å². The smallest absolute Gasteiger partial charge is 0.175 e. The maximum Gasteiger partial charge on any atom is 0.175 e. The van der Waals surface area contributed by atoms with Gasteiger partial charge < -0.3 is 15.2 Å². The molecule has 0 spiro atoms. The average molecular weight is 256 g/mol. The van der Waals surface area contributed by atoms with E-state index in [4.69, 9.17) is 9.47 Å². The Bertz CT molecular complexity index is 568. The van der Waals surface area contributed by atoms with Crippen molar-refractivity contribution in [1.29, 1.82) is 0 Å². The molecule has 1 heterocycles. The molecule has 0 aromatic heterocycles. The van der Waals surface area contributed by atoms with E-state index in [1.807, 2.05) is 30.3 Å². The summed E-state index contributed by atoms with van der Waals surface area (Å²) in [5.74, 6) is 1.66. The predicted octanol–water partition coefficient (Wildman–Crippen LogP) is 1.98. The lowest BCUT2D eigenvalue weighted by atomic mass is 9.93. The van der Waals surface area contributed by atoms with Gasteiger partial charge in [-0.2, -0.15) is 0 Å². The molecule has 3 heteroatoms. The molecule has 1 aliphatic rings. The number of hydrogen-bond donors (Lipinski definition) is 1. The molecule has 98 valence electrons. The summed E-state index contributed by atoms with van der Waals surface area (Å²) in [5, 5.41) is 0. The molecular weight excluding hydrogens is 238 g/mol. The minimum Gasteiger partial charge on any atom is -0.493 e. The van der Waals surface area contributed by atoms with Gasteiger partial charge in [0.1, 0.15) is 6.04 Å². The Hall–Kier alpha value is -2.00. The Labute approximate surface area is 113 Å². The molecule has 3 N–H and O–H groups in total. The lowest BCUT2D eigenvalue weighted by Gasteiger charge is -2.30. The fourth-order valence-corrected chi connectivity index (χ4v) is 2.61. The van der Waals surface area contributed by atoms with Crippen molar-refractivity contribution in [3.63, 3.8) is 0 Å². The monoisotopic (exact) mass is 256 g/mol. The van der Waals surface area contributed by atoms with Gasteiger partial charge in [-0.1, -0.05) is 42.5 Å². The van der Waals surface area contributed by atoms with E-state index in [0.717, 1.165) is 17.9 Å². The Morgan fingerprint density at radius 2 is 1.89 bits per heavy atom. The van der Waals surface area contributed by atoms with Crippen LogP contribution < -0.4 is 15.2 Å². The van der Waals surface area contributed by atoms with Gasteiger partial charge in [-0.25, -0.2) is 0 Å². The molecule has 19 heavy (non-hydrogen) atoms. The van der Waals surface area contributed by atoms with Crippen molar-refractivity contribution in [3.05, 3.63) is 59.7 Å². The molecule has 0 radical (unpaired) electrons. The van der Waals surface area contributed by atoms with E-state index >= 15 is 0 Å². The Balaban J connectivity index is 1.99. The molecule has 0 saturated heterocycles. The van der Waals surface area contributed by atoms with E-state index < -0.39 is 0 Å². The van der Waals surface area contributed by atoms with Crippen LogP contribution in [0.3, 0.4) is 0 Å². The van der Waals surface area contributed by atoms with Gasteiger partial charge in [-0.05, 0) is 11.6 Å². The van der Waals surface area contributed by atoms with Crippen molar-refractivity contribution >= 4 is 0 Å². The number of benzene rings is 2. The average Bonchev–Trinajstić information content (AvgIpc) is 2.46.